The van der Waals surface area contributed by atoms with Gasteiger partial charge in [0.1, 0.15) is 0 Å². The Morgan fingerprint density at radius 2 is 0.969 bits per heavy atom. The maximum atomic E-state index is 10.4. The molecule has 2 aliphatic heterocycles. The molecule has 0 unspecified atom stereocenters. The van der Waals surface area contributed by atoms with E-state index in [-0.39, 0.29) is 29.7 Å². The smallest absolute Gasteiger partial charge is 0.0990 e. The number of benzene rings is 4. The topological polar surface area (TPSA) is 98.2 Å². The molecule has 0 atom stereocenters. The minimum atomic E-state index is -0.0419. The molecule has 12 heteroatoms. The van der Waals surface area contributed by atoms with E-state index < -0.39 is 0 Å². The van der Waals surface area contributed by atoms with Crippen LogP contribution in [-0.4, -0.2) is 42.9 Å². The maximum Gasteiger partial charge on any atom is 0.0990 e. The molecule has 65 heavy (non-hydrogen) atoms. The Morgan fingerprint density at radius 3 is 1.51 bits per heavy atom. The van der Waals surface area contributed by atoms with Crippen LogP contribution in [-0.2, 0) is 36.4 Å². The van der Waals surface area contributed by atoms with Crippen LogP contribution in [0.15, 0.2) is 145 Å². The van der Waals surface area contributed by atoms with Gasteiger partial charge in [-0.15, -0.1) is 11.0 Å². The van der Waals surface area contributed by atoms with Crippen LogP contribution in [0.4, 0.5) is 0 Å². The summed E-state index contributed by atoms with van der Waals surface area (Å²) in [6.45, 7) is -0.0146. The third kappa shape index (κ3) is 8.71. The van der Waals surface area contributed by atoms with Crippen LogP contribution in [0.25, 0.3) is 101 Å². The Morgan fingerprint density at radius 1 is 0.492 bits per heavy atom. The largest absolute Gasteiger partial charge is 0.657 e. The predicted molar refractivity (Wildman–Crippen MR) is 274 cm³/mol. The molecular weight excluding hydrogens is 1120 g/mol. The number of aryl methyl sites for hydroxylation is 2. The second-order valence-corrected chi connectivity index (χ2v) is 19.4. The summed E-state index contributed by atoms with van der Waals surface area (Å²) in [4.78, 5) is 22.2. The zero-order valence-corrected chi connectivity index (χ0v) is 42.1. The van der Waals surface area contributed by atoms with Gasteiger partial charge in [0.25, 0.3) is 0 Å². The average Bonchev–Trinajstić information content (AvgIpc) is 4.12. The second kappa shape index (κ2) is 19.2. The Bertz CT molecular complexity index is 3310. The van der Waals surface area contributed by atoms with Crippen LogP contribution < -0.4 is 4.98 Å². The molecule has 2 N–H and O–H groups in total. The summed E-state index contributed by atoms with van der Waals surface area (Å²) in [7, 11) is 2.11. The maximum absolute atomic E-state index is 10.4. The van der Waals surface area contributed by atoms with Gasteiger partial charge in [0.05, 0.1) is 39.5 Å². The number of aromatic nitrogens is 5. The molecule has 4 aromatic carbocycles. The molecule has 0 fully saturated rings. The number of hydrogen-bond donors (Lipinski definition) is 2. The summed E-state index contributed by atoms with van der Waals surface area (Å²) in [5.74, 6) is 0. The number of fused-ring (bicyclic) bond motifs is 11. The van der Waals surface area contributed by atoms with Crippen molar-refractivity contribution in [1.29, 1.82) is 0 Å². The first-order valence-electron chi connectivity index (χ1n) is 20.9. The minimum Gasteiger partial charge on any atom is -0.657 e. The number of aliphatic hydroxyl groups excluding tert-OH is 2. The normalized spacial score (nSPS) is 11.7. The van der Waals surface area contributed by atoms with Gasteiger partial charge < -0.3 is 19.8 Å². The van der Waals surface area contributed by atoms with Crippen LogP contribution in [0.3, 0.4) is 0 Å². The second-order valence-electron chi connectivity index (χ2n) is 15.7. The summed E-state index contributed by atoms with van der Waals surface area (Å²) in [5, 5.41) is 20.4. The van der Waals surface area contributed by atoms with Gasteiger partial charge >= 0.3 is 0 Å². The van der Waals surface area contributed by atoms with E-state index in [1.165, 1.54) is 0 Å². The molecule has 0 radical (unpaired) electrons. The van der Waals surface area contributed by atoms with Crippen molar-refractivity contribution in [1.82, 2.24) is 24.5 Å². The van der Waals surface area contributed by atoms with E-state index in [0.29, 0.717) is 25.0 Å². The number of rotatable bonds is 9. The summed E-state index contributed by atoms with van der Waals surface area (Å²) in [6.07, 6.45) is 5.71. The van der Waals surface area contributed by atoms with Gasteiger partial charge in [0.2, 0.25) is 0 Å². The minimum absolute atomic E-state index is 0. The van der Waals surface area contributed by atoms with Crippen LogP contribution in [0, 0.1) is 0 Å². The van der Waals surface area contributed by atoms with Crippen molar-refractivity contribution in [2.45, 2.75) is 19.3 Å². The molecule has 326 valence electrons. The van der Waals surface area contributed by atoms with E-state index in [9.17, 15) is 10.2 Å². The first-order valence-corrected chi connectivity index (χ1v) is 24.0. The molecule has 0 spiro atoms. The zero-order valence-electron chi connectivity index (χ0n) is 34.8. The predicted octanol–water partition coefficient (Wildman–Crippen LogP) is 14.0. The summed E-state index contributed by atoms with van der Waals surface area (Å²) in [6, 6.07) is 43.9. The molecule has 10 rings (SSSR count). The monoisotopic (exact) mass is 1150 g/mol. The van der Waals surface area contributed by atoms with Gasteiger partial charge in [0.15, 0.2) is 0 Å². The quantitative estimate of drug-likeness (QED) is 0.140. The number of pyridine rings is 1. The van der Waals surface area contributed by atoms with Crippen molar-refractivity contribution in [3.63, 3.8) is 0 Å². The van der Waals surface area contributed by atoms with Crippen molar-refractivity contribution in [3.05, 3.63) is 168 Å². The van der Waals surface area contributed by atoms with Gasteiger partial charge in [-0.25, -0.2) is 9.97 Å². The summed E-state index contributed by atoms with van der Waals surface area (Å²) in [5.41, 5.74) is 17.4. The molecule has 8 bridgehead atoms. The van der Waals surface area contributed by atoms with E-state index >= 15 is 0 Å². The van der Waals surface area contributed by atoms with E-state index in [1.807, 2.05) is 24.3 Å². The molecule has 0 saturated heterocycles. The van der Waals surface area contributed by atoms with Gasteiger partial charge in [0, 0.05) is 77.0 Å². The van der Waals surface area contributed by atoms with Crippen LogP contribution >= 0.6 is 63.7 Å². The van der Waals surface area contributed by atoms with Gasteiger partial charge in [-0.2, -0.15) is 0 Å². The van der Waals surface area contributed by atoms with Crippen LogP contribution in [0.2, 0.25) is 0 Å². The number of halogens is 4. The first kappa shape index (κ1) is 45.4. The third-order valence-corrected chi connectivity index (χ3v) is 13.9. The van der Waals surface area contributed by atoms with Crippen molar-refractivity contribution < 1.29 is 26.7 Å². The molecular formula is C53H38Br4N5NiO2-. The fourth-order valence-electron chi connectivity index (χ4n) is 8.77. The van der Waals surface area contributed by atoms with E-state index in [0.717, 1.165) is 124 Å². The fourth-order valence-corrected chi connectivity index (χ4v) is 9.83. The SMILES string of the molecule is Cn1c2ccc1c(-c1ccc(Br)cc1)c1nc(c(-c3ccc(Br)cc3)c3ccc([n-]3)c(-c3ccc(Br)cc3)c3nc(c2-c2ccc(Br)cc2)C=C3)-c2nc(CCCO)c(CCO)cc2-1.[Ni]. The zero-order chi connectivity index (χ0) is 44.1. The number of aliphatic hydroxyl groups is 2. The Hall–Kier alpha value is -4.78. The average molecular weight is 1160 g/mol. The molecule has 0 aliphatic carbocycles. The molecule has 7 nitrogen and oxygen atoms in total. The third-order valence-electron chi connectivity index (χ3n) is 11.8. The van der Waals surface area contributed by atoms with Crippen molar-refractivity contribution in [2.24, 2.45) is 7.05 Å². The van der Waals surface area contributed by atoms with Gasteiger partial charge in [-0.3, -0.25) is 4.98 Å². The fraction of sp³-hybridized carbons (Fsp3) is 0.113. The molecule has 0 saturated carbocycles. The van der Waals surface area contributed by atoms with Crippen molar-refractivity contribution in [2.75, 3.05) is 13.2 Å². The van der Waals surface area contributed by atoms with Crippen molar-refractivity contribution >= 4 is 97.9 Å². The van der Waals surface area contributed by atoms with Gasteiger partial charge in [-0.1, -0.05) is 124 Å². The number of hydrogen-bond acceptors (Lipinski definition) is 5. The van der Waals surface area contributed by atoms with E-state index in [1.54, 1.807) is 0 Å². The molecule has 8 aromatic rings. The van der Waals surface area contributed by atoms with Crippen molar-refractivity contribution in [3.8, 4) is 67.2 Å². The molecule has 0 amide bonds. The Balaban J connectivity index is 0.00000533. The molecule has 6 heterocycles. The Kier molecular flexibility index (Phi) is 13.4. The molecule has 2 aliphatic rings. The standard InChI is InChI=1S/C53H38Br4N5O2.Ni/c1-62-45-24-25-46(62)50(33-10-18-38(57)19-11-33)51-39-29-34(26-28-64)40(3-2-27-63)60-52(39)53(61-51)49(32-8-16-37(56)17-9-32)44-23-21-42(59-44)47(30-4-12-35(54)13-5-30)41-20-22-43(58-41)48(45)31-6-14-36(55)15-7-31;/h4-25,29,63-64H,2-3,26-28H2,1H3;/q-1;. The van der Waals surface area contributed by atoms with Crippen LogP contribution in [0.1, 0.15) is 29.1 Å². The molecule has 4 aromatic heterocycles. The van der Waals surface area contributed by atoms with Gasteiger partial charge in [-0.05, 0) is 137 Å². The van der Waals surface area contributed by atoms with E-state index in [2.05, 4.69) is 191 Å². The van der Waals surface area contributed by atoms with E-state index in [4.69, 9.17) is 19.9 Å². The first-order chi connectivity index (χ1) is 31.2. The Labute approximate surface area is 420 Å². The number of nitrogens with zero attached hydrogens (tertiary/aromatic N) is 5. The van der Waals surface area contributed by atoms with Crippen LogP contribution in [0.5, 0.6) is 0 Å². The summed E-state index contributed by atoms with van der Waals surface area (Å²) < 4.78 is 6.13. The summed E-state index contributed by atoms with van der Waals surface area (Å²) >= 11 is 14.7.